The zero-order chi connectivity index (χ0) is 13.8. The molecule has 0 aliphatic carbocycles. The van der Waals surface area contributed by atoms with E-state index in [0.717, 1.165) is 23.3 Å². The second kappa shape index (κ2) is 6.30. The highest BCUT2D eigenvalue weighted by atomic mass is 79.9. The van der Waals surface area contributed by atoms with Crippen molar-refractivity contribution in [1.82, 2.24) is 14.9 Å². The van der Waals surface area contributed by atoms with Crippen LogP contribution in [-0.4, -0.2) is 16.1 Å². The molecule has 0 fully saturated rings. The van der Waals surface area contributed by atoms with Crippen molar-refractivity contribution in [2.45, 2.75) is 19.4 Å². The molecular weight excluding hydrogens is 309 g/mol. The molecule has 1 aromatic carbocycles. The van der Waals surface area contributed by atoms with Gasteiger partial charge >= 0.3 is 0 Å². The molecule has 1 unspecified atom stereocenters. The normalized spacial score (nSPS) is 12.6. The molecule has 2 rings (SSSR count). The smallest absolute Gasteiger partial charge is 0.128 e. The van der Waals surface area contributed by atoms with E-state index >= 15 is 0 Å². The number of rotatable bonds is 5. The zero-order valence-corrected chi connectivity index (χ0v) is 12.6. The number of halogens is 2. The molecule has 2 aromatic rings. The fourth-order valence-electron chi connectivity index (χ4n) is 1.99. The highest BCUT2D eigenvalue weighted by molar-refractivity contribution is 9.10. The second-order valence-electron chi connectivity index (χ2n) is 4.55. The van der Waals surface area contributed by atoms with Crippen LogP contribution in [0.25, 0.3) is 0 Å². The first-order valence-corrected chi connectivity index (χ1v) is 7.01. The van der Waals surface area contributed by atoms with Crippen molar-refractivity contribution in [1.29, 1.82) is 0 Å². The molecule has 0 aliphatic heterocycles. The van der Waals surface area contributed by atoms with Gasteiger partial charge in [-0.1, -0.05) is 15.9 Å². The molecule has 3 nitrogen and oxygen atoms in total. The van der Waals surface area contributed by atoms with Gasteiger partial charge in [-0.2, -0.15) is 0 Å². The van der Waals surface area contributed by atoms with E-state index in [4.69, 9.17) is 0 Å². The molecule has 19 heavy (non-hydrogen) atoms. The lowest BCUT2D eigenvalue weighted by Crippen LogP contribution is -2.23. The Morgan fingerprint density at radius 1 is 1.47 bits per heavy atom. The molecule has 1 atom stereocenters. The fourth-order valence-corrected chi connectivity index (χ4v) is 2.37. The predicted molar refractivity (Wildman–Crippen MR) is 77.4 cm³/mol. The van der Waals surface area contributed by atoms with Crippen LogP contribution in [0.2, 0.25) is 0 Å². The summed E-state index contributed by atoms with van der Waals surface area (Å²) in [5, 5.41) is 3.32. The molecule has 0 spiro atoms. The van der Waals surface area contributed by atoms with Crippen LogP contribution in [0.3, 0.4) is 0 Å². The van der Waals surface area contributed by atoms with E-state index < -0.39 is 0 Å². The van der Waals surface area contributed by atoms with E-state index in [9.17, 15) is 4.39 Å². The molecule has 0 bridgehead atoms. The summed E-state index contributed by atoms with van der Waals surface area (Å²) in [5.74, 6) is 0.842. The topological polar surface area (TPSA) is 29.9 Å². The lowest BCUT2D eigenvalue weighted by Gasteiger charge is -2.15. The van der Waals surface area contributed by atoms with Crippen LogP contribution in [0.1, 0.15) is 24.4 Å². The number of hydrogen-bond donors (Lipinski definition) is 1. The van der Waals surface area contributed by atoms with Gasteiger partial charge in [-0.15, -0.1) is 0 Å². The van der Waals surface area contributed by atoms with Crippen molar-refractivity contribution in [3.05, 3.63) is 52.3 Å². The summed E-state index contributed by atoms with van der Waals surface area (Å²) in [4.78, 5) is 4.26. The number of nitrogens with zero attached hydrogens (tertiary/aromatic N) is 2. The van der Waals surface area contributed by atoms with Gasteiger partial charge in [-0.25, -0.2) is 9.37 Å². The van der Waals surface area contributed by atoms with E-state index in [1.807, 2.05) is 30.8 Å². The standard InChI is InChI=1S/C14H17BrFN3/c1-10(12-9-11(15)3-4-13(12)16)17-6-5-14-18-7-8-19(14)2/h3-4,7-10,17H,5-6H2,1-2H3. The van der Waals surface area contributed by atoms with Gasteiger partial charge in [0.05, 0.1) is 0 Å². The van der Waals surface area contributed by atoms with Gasteiger partial charge < -0.3 is 9.88 Å². The Balaban J connectivity index is 1.92. The Morgan fingerprint density at radius 2 is 2.26 bits per heavy atom. The number of aromatic nitrogens is 2. The first kappa shape index (κ1) is 14.2. The lowest BCUT2D eigenvalue weighted by atomic mass is 10.1. The molecular formula is C14H17BrFN3. The zero-order valence-electron chi connectivity index (χ0n) is 11.0. The molecule has 0 saturated heterocycles. The van der Waals surface area contributed by atoms with Crippen LogP contribution in [0.4, 0.5) is 4.39 Å². The van der Waals surface area contributed by atoms with Crippen LogP contribution in [0.15, 0.2) is 35.1 Å². The SMILES string of the molecule is CC(NCCc1nccn1C)c1cc(Br)ccc1F. The summed E-state index contributed by atoms with van der Waals surface area (Å²) in [6.45, 7) is 2.72. The summed E-state index contributed by atoms with van der Waals surface area (Å²) in [6, 6.07) is 4.97. The van der Waals surface area contributed by atoms with E-state index in [1.54, 1.807) is 12.3 Å². The van der Waals surface area contributed by atoms with Gasteiger partial charge in [-0.3, -0.25) is 0 Å². The molecule has 1 heterocycles. The van der Waals surface area contributed by atoms with Gasteiger partial charge in [0.1, 0.15) is 11.6 Å². The lowest BCUT2D eigenvalue weighted by molar-refractivity contribution is 0.525. The molecule has 0 radical (unpaired) electrons. The third-order valence-corrected chi connectivity index (χ3v) is 3.64. The summed E-state index contributed by atoms with van der Waals surface area (Å²) in [5.41, 5.74) is 0.675. The minimum atomic E-state index is -0.180. The molecule has 0 amide bonds. The van der Waals surface area contributed by atoms with E-state index in [0.29, 0.717) is 5.56 Å². The Labute approximate surface area is 121 Å². The third-order valence-electron chi connectivity index (χ3n) is 3.14. The van der Waals surface area contributed by atoms with Gasteiger partial charge in [-0.05, 0) is 25.1 Å². The van der Waals surface area contributed by atoms with Crippen molar-refractivity contribution in [2.75, 3.05) is 6.54 Å². The van der Waals surface area contributed by atoms with Gasteiger partial charge in [0.25, 0.3) is 0 Å². The Bertz CT molecular complexity index is 553. The van der Waals surface area contributed by atoms with Crippen molar-refractivity contribution >= 4 is 15.9 Å². The van der Waals surface area contributed by atoms with Crippen LogP contribution in [-0.2, 0) is 13.5 Å². The molecule has 1 aromatic heterocycles. The van der Waals surface area contributed by atoms with Crippen molar-refractivity contribution in [2.24, 2.45) is 7.05 Å². The molecule has 5 heteroatoms. The monoisotopic (exact) mass is 325 g/mol. The minimum absolute atomic E-state index is 0.0298. The highest BCUT2D eigenvalue weighted by Crippen LogP contribution is 2.21. The second-order valence-corrected chi connectivity index (χ2v) is 5.46. The van der Waals surface area contributed by atoms with Crippen LogP contribution < -0.4 is 5.32 Å². The van der Waals surface area contributed by atoms with Gasteiger partial charge in [0, 0.05) is 48.5 Å². The van der Waals surface area contributed by atoms with Crippen LogP contribution in [0, 0.1) is 5.82 Å². The van der Waals surface area contributed by atoms with Crippen molar-refractivity contribution in [3.63, 3.8) is 0 Å². The quantitative estimate of drug-likeness (QED) is 0.914. The summed E-state index contributed by atoms with van der Waals surface area (Å²) in [7, 11) is 1.97. The maximum atomic E-state index is 13.7. The Hall–Kier alpha value is -1.20. The predicted octanol–water partition coefficient (Wildman–Crippen LogP) is 3.22. The molecule has 102 valence electrons. The number of hydrogen-bond acceptors (Lipinski definition) is 2. The number of aryl methyl sites for hydroxylation is 1. The number of benzene rings is 1. The minimum Gasteiger partial charge on any atom is -0.338 e. The Kier molecular flexibility index (Phi) is 4.71. The average molecular weight is 326 g/mol. The van der Waals surface area contributed by atoms with Crippen molar-refractivity contribution in [3.8, 4) is 0 Å². The van der Waals surface area contributed by atoms with E-state index in [1.165, 1.54) is 6.07 Å². The Morgan fingerprint density at radius 3 is 2.95 bits per heavy atom. The first-order valence-electron chi connectivity index (χ1n) is 6.22. The molecule has 0 saturated carbocycles. The van der Waals surface area contributed by atoms with Crippen LogP contribution in [0.5, 0.6) is 0 Å². The largest absolute Gasteiger partial charge is 0.338 e. The van der Waals surface area contributed by atoms with Crippen LogP contribution >= 0.6 is 15.9 Å². The number of imidazole rings is 1. The summed E-state index contributed by atoms with van der Waals surface area (Å²) < 4.78 is 16.6. The third kappa shape index (κ3) is 3.64. The maximum absolute atomic E-state index is 13.7. The molecule has 1 N–H and O–H groups in total. The molecule has 0 aliphatic rings. The summed E-state index contributed by atoms with van der Waals surface area (Å²) >= 11 is 3.37. The van der Waals surface area contributed by atoms with E-state index in [-0.39, 0.29) is 11.9 Å². The van der Waals surface area contributed by atoms with Gasteiger partial charge in [0.15, 0.2) is 0 Å². The number of nitrogens with one attached hydrogen (secondary N) is 1. The van der Waals surface area contributed by atoms with E-state index in [2.05, 4.69) is 26.2 Å². The first-order chi connectivity index (χ1) is 9.08. The average Bonchev–Trinajstić information content (AvgIpc) is 2.78. The van der Waals surface area contributed by atoms with Gasteiger partial charge in [0.2, 0.25) is 0 Å². The highest BCUT2D eigenvalue weighted by Gasteiger charge is 2.11. The summed E-state index contributed by atoms with van der Waals surface area (Å²) in [6.07, 6.45) is 4.53. The fraction of sp³-hybridized carbons (Fsp3) is 0.357. The van der Waals surface area contributed by atoms with Crippen molar-refractivity contribution < 1.29 is 4.39 Å². The maximum Gasteiger partial charge on any atom is 0.128 e.